The van der Waals surface area contributed by atoms with Crippen molar-refractivity contribution in [3.63, 3.8) is 0 Å². The third-order valence-corrected chi connectivity index (χ3v) is 2.61. The zero-order chi connectivity index (χ0) is 12.7. The van der Waals surface area contributed by atoms with Crippen LogP contribution in [0.1, 0.15) is 19.4 Å². The van der Waals surface area contributed by atoms with Gasteiger partial charge in [0.15, 0.2) is 0 Å². The summed E-state index contributed by atoms with van der Waals surface area (Å²) in [6, 6.07) is 9.87. The van der Waals surface area contributed by atoms with Crippen LogP contribution in [-0.2, 0) is 16.0 Å². The minimum atomic E-state index is -0.200. The van der Waals surface area contributed by atoms with E-state index in [-0.39, 0.29) is 31.0 Å². The van der Waals surface area contributed by atoms with Gasteiger partial charge in [0.2, 0.25) is 0 Å². The highest BCUT2D eigenvalue weighted by Crippen LogP contribution is 2.10. The molecule has 2 atom stereocenters. The first kappa shape index (κ1) is 13.7. The molecule has 3 nitrogen and oxygen atoms in total. The molecule has 0 radical (unpaired) electrons. The second-order valence-corrected chi connectivity index (χ2v) is 4.51. The zero-order valence-electron chi connectivity index (χ0n) is 10.4. The van der Waals surface area contributed by atoms with Gasteiger partial charge in [-0.25, -0.2) is 0 Å². The maximum atomic E-state index is 11.7. The van der Waals surface area contributed by atoms with E-state index < -0.39 is 0 Å². The Balaban J connectivity index is 2.37. The lowest BCUT2D eigenvalue weighted by Crippen LogP contribution is -2.21. The van der Waals surface area contributed by atoms with Crippen molar-refractivity contribution in [2.45, 2.75) is 20.3 Å². The summed E-state index contributed by atoms with van der Waals surface area (Å²) in [5.41, 5.74) is 1.13. The van der Waals surface area contributed by atoms with Crippen molar-refractivity contribution in [2.75, 3.05) is 13.2 Å². The molecule has 0 fully saturated rings. The van der Waals surface area contributed by atoms with Gasteiger partial charge in [-0.05, 0) is 12.0 Å². The molecule has 1 rings (SSSR count). The van der Waals surface area contributed by atoms with Gasteiger partial charge in [0.05, 0.1) is 12.5 Å². The molecule has 94 valence electrons. The molecule has 1 N–H and O–H groups in total. The van der Waals surface area contributed by atoms with Crippen molar-refractivity contribution in [3.8, 4) is 0 Å². The van der Waals surface area contributed by atoms with Crippen LogP contribution in [0.2, 0.25) is 0 Å². The molecule has 3 heteroatoms. The Hall–Kier alpha value is -1.35. The summed E-state index contributed by atoms with van der Waals surface area (Å²) in [6.45, 7) is 4.03. The van der Waals surface area contributed by atoms with Gasteiger partial charge < -0.3 is 9.84 Å². The molecule has 0 aliphatic rings. The topological polar surface area (TPSA) is 46.5 Å². The molecule has 0 spiro atoms. The highest BCUT2D eigenvalue weighted by Gasteiger charge is 2.15. The summed E-state index contributed by atoms with van der Waals surface area (Å²) in [5.74, 6) is -0.347. The van der Waals surface area contributed by atoms with Crippen molar-refractivity contribution in [2.24, 2.45) is 11.8 Å². The highest BCUT2D eigenvalue weighted by atomic mass is 16.5. The Kier molecular flexibility index (Phi) is 5.70. The number of esters is 1. The van der Waals surface area contributed by atoms with Crippen molar-refractivity contribution in [1.82, 2.24) is 0 Å². The van der Waals surface area contributed by atoms with Gasteiger partial charge in [-0.3, -0.25) is 4.79 Å². The monoisotopic (exact) mass is 236 g/mol. The van der Waals surface area contributed by atoms with Crippen molar-refractivity contribution in [1.29, 1.82) is 0 Å². The molecule has 1 aromatic rings. The van der Waals surface area contributed by atoms with Crippen LogP contribution in [-0.4, -0.2) is 24.3 Å². The van der Waals surface area contributed by atoms with Crippen LogP contribution >= 0.6 is 0 Å². The molecule has 0 saturated carbocycles. The molecular weight excluding hydrogens is 216 g/mol. The SMILES string of the molecule is C[C@@H](CO)COC(=O)[C@H](C)Cc1ccccc1. The van der Waals surface area contributed by atoms with Gasteiger partial charge >= 0.3 is 5.97 Å². The molecule has 0 saturated heterocycles. The molecule has 0 aromatic heterocycles. The normalized spacial score (nSPS) is 14.1. The van der Waals surface area contributed by atoms with Gasteiger partial charge in [0.1, 0.15) is 0 Å². The van der Waals surface area contributed by atoms with E-state index in [1.54, 1.807) is 0 Å². The van der Waals surface area contributed by atoms with Gasteiger partial charge in [-0.2, -0.15) is 0 Å². The lowest BCUT2D eigenvalue weighted by Gasteiger charge is -2.13. The van der Waals surface area contributed by atoms with Crippen LogP contribution in [0.15, 0.2) is 30.3 Å². The smallest absolute Gasteiger partial charge is 0.308 e. The Labute approximate surface area is 102 Å². The van der Waals surface area contributed by atoms with Crippen molar-refractivity contribution < 1.29 is 14.6 Å². The van der Waals surface area contributed by atoms with E-state index in [2.05, 4.69) is 0 Å². The number of hydrogen-bond donors (Lipinski definition) is 1. The summed E-state index contributed by atoms with van der Waals surface area (Å²) in [4.78, 5) is 11.7. The molecule has 0 aliphatic carbocycles. The van der Waals surface area contributed by atoms with Gasteiger partial charge in [-0.1, -0.05) is 44.2 Å². The summed E-state index contributed by atoms with van der Waals surface area (Å²) < 4.78 is 5.13. The van der Waals surface area contributed by atoms with E-state index in [1.807, 2.05) is 44.2 Å². The first-order valence-corrected chi connectivity index (χ1v) is 5.95. The molecular formula is C14H20O3. The van der Waals surface area contributed by atoms with Crippen LogP contribution < -0.4 is 0 Å². The highest BCUT2D eigenvalue weighted by molar-refractivity contribution is 5.72. The number of aliphatic hydroxyl groups is 1. The molecule has 0 amide bonds. The second-order valence-electron chi connectivity index (χ2n) is 4.51. The predicted octanol–water partition coefficient (Wildman–Crippen LogP) is 2.04. The first-order valence-electron chi connectivity index (χ1n) is 5.95. The van der Waals surface area contributed by atoms with E-state index in [0.29, 0.717) is 6.42 Å². The van der Waals surface area contributed by atoms with Crippen LogP contribution in [0.5, 0.6) is 0 Å². The largest absolute Gasteiger partial charge is 0.465 e. The van der Waals surface area contributed by atoms with Gasteiger partial charge in [0.25, 0.3) is 0 Å². The van der Waals surface area contributed by atoms with E-state index in [4.69, 9.17) is 9.84 Å². The minimum Gasteiger partial charge on any atom is -0.465 e. The lowest BCUT2D eigenvalue weighted by atomic mass is 10.0. The lowest BCUT2D eigenvalue weighted by molar-refractivity contribution is -0.149. The van der Waals surface area contributed by atoms with E-state index in [9.17, 15) is 4.79 Å². The van der Waals surface area contributed by atoms with E-state index in [1.165, 1.54) is 0 Å². The van der Waals surface area contributed by atoms with Crippen LogP contribution in [0, 0.1) is 11.8 Å². The van der Waals surface area contributed by atoms with Crippen molar-refractivity contribution in [3.05, 3.63) is 35.9 Å². The fourth-order valence-corrected chi connectivity index (χ4v) is 1.47. The predicted molar refractivity (Wildman–Crippen MR) is 66.5 cm³/mol. The van der Waals surface area contributed by atoms with Crippen LogP contribution in [0.4, 0.5) is 0 Å². The Morgan fingerprint density at radius 2 is 1.94 bits per heavy atom. The van der Waals surface area contributed by atoms with Gasteiger partial charge in [-0.15, -0.1) is 0 Å². The molecule has 1 aromatic carbocycles. The first-order chi connectivity index (χ1) is 8.13. The zero-order valence-corrected chi connectivity index (χ0v) is 10.4. The summed E-state index contributed by atoms with van der Waals surface area (Å²) in [5, 5.41) is 8.83. The van der Waals surface area contributed by atoms with Gasteiger partial charge in [0, 0.05) is 12.5 Å². The van der Waals surface area contributed by atoms with Crippen molar-refractivity contribution >= 4 is 5.97 Å². The fourth-order valence-electron chi connectivity index (χ4n) is 1.47. The maximum absolute atomic E-state index is 11.7. The Morgan fingerprint density at radius 1 is 1.29 bits per heavy atom. The number of aliphatic hydroxyl groups excluding tert-OH is 1. The summed E-state index contributed by atoms with van der Waals surface area (Å²) in [6.07, 6.45) is 0.688. The average Bonchev–Trinajstić information content (AvgIpc) is 2.36. The van der Waals surface area contributed by atoms with E-state index >= 15 is 0 Å². The minimum absolute atomic E-state index is 0.00266. The number of rotatable bonds is 6. The third kappa shape index (κ3) is 5.00. The van der Waals surface area contributed by atoms with Crippen LogP contribution in [0.3, 0.4) is 0 Å². The molecule has 0 bridgehead atoms. The van der Waals surface area contributed by atoms with Crippen LogP contribution in [0.25, 0.3) is 0 Å². The number of hydrogen-bond acceptors (Lipinski definition) is 3. The number of carbonyl (C=O) groups excluding carboxylic acids is 1. The second kappa shape index (κ2) is 7.07. The molecule has 0 heterocycles. The number of benzene rings is 1. The molecule has 17 heavy (non-hydrogen) atoms. The van der Waals surface area contributed by atoms with E-state index in [0.717, 1.165) is 5.56 Å². The summed E-state index contributed by atoms with van der Waals surface area (Å²) >= 11 is 0. The summed E-state index contributed by atoms with van der Waals surface area (Å²) in [7, 11) is 0. The maximum Gasteiger partial charge on any atom is 0.308 e. The number of carbonyl (C=O) groups is 1. The number of ether oxygens (including phenoxy) is 1. The quantitative estimate of drug-likeness (QED) is 0.769. The average molecular weight is 236 g/mol. The molecule has 0 aliphatic heterocycles. The Morgan fingerprint density at radius 3 is 2.53 bits per heavy atom. The Bertz CT molecular complexity index is 335. The fraction of sp³-hybridized carbons (Fsp3) is 0.500. The third-order valence-electron chi connectivity index (χ3n) is 2.61. The standard InChI is InChI=1S/C14H20O3/c1-11(9-15)10-17-14(16)12(2)8-13-6-4-3-5-7-13/h3-7,11-12,15H,8-10H2,1-2H3/t11-,12+/m0/s1. The molecule has 0 unspecified atom stereocenters.